The van der Waals surface area contributed by atoms with Crippen molar-refractivity contribution in [1.29, 1.82) is 0 Å². The minimum absolute atomic E-state index is 0.00582. The van der Waals surface area contributed by atoms with E-state index in [2.05, 4.69) is 9.47 Å². The van der Waals surface area contributed by atoms with Crippen LogP contribution in [0.25, 0.3) is 11.0 Å². The van der Waals surface area contributed by atoms with Gasteiger partial charge in [-0.05, 0) is 56.1 Å². The van der Waals surface area contributed by atoms with E-state index >= 15 is 0 Å². The monoisotopic (exact) mass is 439 g/mol. The van der Waals surface area contributed by atoms with E-state index in [1.165, 1.54) is 13.2 Å². The summed E-state index contributed by atoms with van der Waals surface area (Å²) in [4.78, 5) is 19.2. The van der Waals surface area contributed by atoms with E-state index in [-0.39, 0.29) is 23.4 Å². The number of imidazole rings is 1. The fourth-order valence-electron chi connectivity index (χ4n) is 4.45. The molecule has 0 radical (unpaired) electrons. The average Bonchev–Trinajstić information content (AvgIpc) is 3.15. The molecule has 0 amide bonds. The van der Waals surface area contributed by atoms with E-state index in [1.807, 2.05) is 18.2 Å². The first-order valence-electron chi connectivity index (χ1n) is 10.8. The number of ether oxygens (including phenoxy) is 2. The van der Waals surface area contributed by atoms with Crippen LogP contribution < -0.4 is 0 Å². The quantitative estimate of drug-likeness (QED) is 0.431. The van der Waals surface area contributed by atoms with Crippen molar-refractivity contribution < 1.29 is 24.5 Å². The molecule has 170 valence electrons. The Labute approximate surface area is 187 Å². The average molecular weight is 440 g/mol. The lowest BCUT2D eigenvalue weighted by molar-refractivity contribution is 0.0601. The Kier molecular flexibility index (Phi) is 6.62. The summed E-state index contributed by atoms with van der Waals surface area (Å²) in [5.41, 5.74) is 3.03. The van der Waals surface area contributed by atoms with Gasteiger partial charge in [-0.1, -0.05) is 12.1 Å². The third-order valence-corrected chi connectivity index (χ3v) is 6.21. The maximum Gasteiger partial charge on any atom is 0.337 e. The zero-order valence-corrected chi connectivity index (χ0v) is 18.5. The molecular weight excluding hydrogens is 410 g/mol. The van der Waals surface area contributed by atoms with Crippen LogP contribution in [0.2, 0.25) is 0 Å². The van der Waals surface area contributed by atoms with Crippen molar-refractivity contribution in [2.45, 2.75) is 31.8 Å². The van der Waals surface area contributed by atoms with Crippen LogP contribution in [-0.2, 0) is 22.6 Å². The molecule has 2 heterocycles. The molecule has 1 fully saturated rings. The predicted molar refractivity (Wildman–Crippen MR) is 120 cm³/mol. The van der Waals surface area contributed by atoms with Crippen molar-refractivity contribution in [3.63, 3.8) is 0 Å². The molecule has 0 unspecified atom stereocenters. The second kappa shape index (κ2) is 9.58. The smallest absolute Gasteiger partial charge is 0.337 e. The first-order valence-corrected chi connectivity index (χ1v) is 10.8. The van der Waals surface area contributed by atoms with Crippen molar-refractivity contribution in [3.05, 3.63) is 53.3 Å². The van der Waals surface area contributed by atoms with Crippen molar-refractivity contribution in [2.24, 2.45) is 0 Å². The molecule has 0 atom stereocenters. The fraction of sp³-hybridized carbons (Fsp3) is 0.417. The molecule has 1 aliphatic rings. The predicted octanol–water partition coefficient (Wildman–Crippen LogP) is 3.26. The van der Waals surface area contributed by atoms with Gasteiger partial charge in [-0.2, -0.15) is 0 Å². The van der Waals surface area contributed by atoms with Crippen LogP contribution in [-0.4, -0.2) is 64.5 Å². The summed E-state index contributed by atoms with van der Waals surface area (Å²) >= 11 is 0. The number of piperidine rings is 1. The van der Waals surface area contributed by atoms with E-state index in [0.717, 1.165) is 48.4 Å². The fourth-order valence-corrected chi connectivity index (χ4v) is 4.45. The highest BCUT2D eigenvalue weighted by Gasteiger charge is 2.25. The van der Waals surface area contributed by atoms with E-state index < -0.39 is 0 Å². The summed E-state index contributed by atoms with van der Waals surface area (Å²) in [6.45, 7) is 3.59. The Morgan fingerprint density at radius 3 is 2.66 bits per heavy atom. The van der Waals surface area contributed by atoms with Gasteiger partial charge in [0, 0.05) is 19.2 Å². The minimum atomic E-state index is -0.370. The Morgan fingerprint density at radius 2 is 1.94 bits per heavy atom. The Morgan fingerprint density at radius 1 is 1.16 bits per heavy atom. The summed E-state index contributed by atoms with van der Waals surface area (Å²) in [7, 11) is 3.04. The normalized spacial score (nSPS) is 15.3. The van der Waals surface area contributed by atoms with Gasteiger partial charge in [-0.3, -0.25) is 4.90 Å². The maximum atomic E-state index is 12.0. The molecule has 8 nitrogen and oxygen atoms in total. The number of methoxy groups -OCH3 is 2. The van der Waals surface area contributed by atoms with Crippen molar-refractivity contribution >= 4 is 17.0 Å². The molecule has 32 heavy (non-hydrogen) atoms. The highest BCUT2D eigenvalue weighted by atomic mass is 16.5. The van der Waals surface area contributed by atoms with Crippen LogP contribution >= 0.6 is 0 Å². The number of nitrogens with zero attached hydrogens (tertiary/aromatic N) is 3. The summed E-state index contributed by atoms with van der Waals surface area (Å²) in [6, 6.07) is 10.6. The molecule has 3 aromatic rings. The van der Waals surface area contributed by atoms with E-state index in [9.17, 15) is 15.0 Å². The van der Waals surface area contributed by atoms with E-state index in [4.69, 9.17) is 14.5 Å². The highest BCUT2D eigenvalue weighted by Crippen LogP contribution is 2.38. The van der Waals surface area contributed by atoms with Crippen LogP contribution in [0.1, 0.15) is 40.5 Å². The summed E-state index contributed by atoms with van der Waals surface area (Å²) in [5, 5.41) is 20.0. The number of fused-ring (bicyclic) bond motifs is 1. The standard InChI is InChI=1S/C24H29N3O5/c1-31-13-12-27-20-14-17(24(30)32-2)6-7-19(20)25-22(27)15-26-10-8-16(9-11-26)18-4-3-5-21(28)23(18)29/h3-7,14,16,28-29H,8-13,15H2,1-2H3. The lowest BCUT2D eigenvalue weighted by Crippen LogP contribution is -2.33. The number of para-hydroxylation sites is 1. The number of rotatable bonds is 7. The van der Waals surface area contributed by atoms with Gasteiger partial charge in [0.15, 0.2) is 11.5 Å². The number of phenols is 2. The Hall–Kier alpha value is -3.10. The van der Waals surface area contributed by atoms with Gasteiger partial charge in [0.1, 0.15) is 5.82 Å². The molecule has 0 saturated carbocycles. The molecule has 0 aliphatic carbocycles. The van der Waals surface area contributed by atoms with Gasteiger partial charge < -0.3 is 24.3 Å². The van der Waals surface area contributed by atoms with Gasteiger partial charge in [0.25, 0.3) is 0 Å². The van der Waals surface area contributed by atoms with Crippen molar-refractivity contribution in [1.82, 2.24) is 14.5 Å². The number of aromatic hydroxyl groups is 2. The zero-order valence-electron chi connectivity index (χ0n) is 18.5. The van der Waals surface area contributed by atoms with Gasteiger partial charge >= 0.3 is 5.97 Å². The SMILES string of the molecule is COCCn1c(CN2CCC(c3cccc(O)c3O)CC2)nc2ccc(C(=O)OC)cc21. The second-order valence-electron chi connectivity index (χ2n) is 8.13. The molecule has 1 saturated heterocycles. The number of hydrogen-bond donors (Lipinski definition) is 2. The lowest BCUT2D eigenvalue weighted by atomic mass is 9.88. The van der Waals surface area contributed by atoms with Gasteiger partial charge in [-0.15, -0.1) is 0 Å². The van der Waals surface area contributed by atoms with Gasteiger partial charge in [-0.25, -0.2) is 9.78 Å². The zero-order chi connectivity index (χ0) is 22.7. The van der Waals surface area contributed by atoms with Crippen molar-refractivity contribution in [2.75, 3.05) is 33.9 Å². The third kappa shape index (κ3) is 4.42. The Bertz CT molecular complexity index is 1100. The van der Waals surface area contributed by atoms with E-state index in [0.29, 0.717) is 25.3 Å². The molecule has 0 spiro atoms. The summed E-state index contributed by atoms with van der Waals surface area (Å²) in [6.07, 6.45) is 1.78. The topological polar surface area (TPSA) is 97.0 Å². The second-order valence-corrected chi connectivity index (χ2v) is 8.13. The molecule has 8 heteroatoms. The highest BCUT2D eigenvalue weighted by molar-refractivity contribution is 5.93. The molecule has 2 N–H and O–H groups in total. The molecule has 1 aromatic heterocycles. The van der Waals surface area contributed by atoms with E-state index in [1.54, 1.807) is 19.2 Å². The van der Waals surface area contributed by atoms with Crippen LogP contribution in [0, 0.1) is 0 Å². The van der Waals surface area contributed by atoms with Crippen LogP contribution in [0.3, 0.4) is 0 Å². The van der Waals surface area contributed by atoms with Crippen molar-refractivity contribution in [3.8, 4) is 11.5 Å². The van der Waals surface area contributed by atoms with Crippen LogP contribution in [0.4, 0.5) is 0 Å². The lowest BCUT2D eigenvalue weighted by Gasteiger charge is -2.32. The number of likely N-dealkylation sites (tertiary alicyclic amines) is 1. The molecule has 0 bridgehead atoms. The first kappa shape index (κ1) is 22.1. The van der Waals surface area contributed by atoms with Crippen LogP contribution in [0.15, 0.2) is 36.4 Å². The molecule has 2 aromatic carbocycles. The molecule has 4 rings (SSSR count). The summed E-state index contributed by atoms with van der Waals surface area (Å²) < 4.78 is 12.3. The number of carbonyl (C=O) groups is 1. The number of benzene rings is 2. The Balaban J connectivity index is 1.52. The van der Waals surface area contributed by atoms with Crippen LogP contribution in [0.5, 0.6) is 11.5 Å². The third-order valence-electron chi connectivity index (χ3n) is 6.21. The van der Waals surface area contributed by atoms with Gasteiger partial charge in [0.2, 0.25) is 0 Å². The molecule has 1 aliphatic heterocycles. The largest absolute Gasteiger partial charge is 0.504 e. The minimum Gasteiger partial charge on any atom is -0.504 e. The number of esters is 1. The first-order chi connectivity index (χ1) is 15.5. The number of aromatic nitrogens is 2. The summed E-state index contributed by atoms with van der Waals surface area (Å²) in [5.74, 6) is 0.702. The number of hydrogen-bond acceptors (Lipinski definition) is 7. The number of carbonyl (C=O) groups excluding carboxylic acids is 1. The molecular formula is C24H29N3O5. The maximum absolute atomic E-state index is 12.0. The number of phenolic OH excluding ortho intramolecular Hbond substituents is 2. The van der Waals surface area contributed by atoms with Gasteiger partial charge in [0.05, 0.1) is 36.9 Å².